The fourth-order valence-electron chi connectivity index (χ4n) is 2.59. The molecule has 3 heterocycles. The number of carbonyl (C=O) groups is 2. The number of Topliss-reactive ketones (excluding diaryl/α,β-unsaturated/α-hetero) is 1. The van der Waals surface area contributed by atoms with Crippen LogP contribution in [0.15, 0.2) is 53.3 Å². The molecule has 0 amide bonds. The Morgan fingerprint density at radius 1 is 1.17 bits per heavy atom. The zero-order valence-electron chi connectivity index (χ0n) is 12.8. The molecule has 0 aliphatic heterocycles. The highest BCUT2D eigenvalue weighted by Gasteiger charge is 2.21. The molecule has 23 heavy (non-hydrogen) atoms. The van der Waals surface area contributed by atoms with Crippen molar-refractivity contribution in [1.82, 2.24) is 4.40 Å². The molecule has 3 aromatic rings. The number of hydrogen-bond donors (Lipinski definition) is 0. The lowest BCUT2D eigenvalue weighted by molar-refractivity contribution is -0.143. The number of hydrogen-bond acceptors (Lipinski definition) is 4. The summed E-state index contributed by atoms with van der Waals surface area (Å²) in [5.74, 6) is 0.157. The van der Waals surface area contributed by atoms with E-state index in [0.29, 0.717) is 18.1 Å². The minimum Gasteiger partial charge on any atom is -0.466 e. The van der Waals surface area contributed by atoms with Gasteiger partial charge in [0.2, 0.25) is 0 Å². The standard InChI is InChI=1S/C18H17NO4/c1-2-22-17(21)9-8-15(20)18-14(16-7-5-11-23-16)12-13-6-3-4-10-19(13)18/h3-7,10-12H,2,8-9H2,1H3. The molecule has 0 fully saturated rings. The van der Waals surface area contributed by atoms with E-state index in [4.69, 9.17) is 9.15 Å². The molecular formula is C18H17NO4. The summed E-state index contributed by atoms with van der Waals surface area (Å²) in [5.41, 5.74) is 2.16. The fourth-order valence-corrected chi connectivity index (χ4v) is 2.59. The monoisotopic (exact) mass is 311 g/mol. The summed E-state index contributed by atoms with van der Waals surface area (Å²) >= 11 is 0. The number of aromatic nitrogens is 1. The van der Waals surface area contributed by atoms with E-state index in [0.717, 1.165) is 11.1 Å². The van der Waals surface area contributed by atoms with Crippen LogP contribution in [-0.4, -0.2) is 22.8 Å². The Kier molecular flexibility index (Phi) is 4.28. The van der Waals surface area contributed by atoms with Gasteiger partial charge < -0.3 is 13.6 Å². The second kappa shape index (κ2) is 6.52. The Balaban J connectivity index is 1.96. The van der Waals surface area contributed by atoms with E-state index < -0.39 is 0 Å². The molecule has 0 saturated heterocycles. The number of esters is 1. The highest BCUT2D eigenvalue weighted by molar-refractivity contribution is 6.03. The molecule has 0 aromatic carbocycles. The number of ketones is 1. The van der Waals surface area contributed by atoms with Gasteiger partial charge >= 0.3 is 5.97 Å². The fraction of sp³-hybridized carbons (Fsp3) is 0.222. The predicted molar refractivity (Wildman–Crippen MR) is 85.3 cm³/mol. The van der Waals surface area contributed by atoms with Gasteiger partial charge in [-0.25, -0.2) is 0 Å². The molecule has 0 aliphatic rings. The SMILES string of the molecule is CCOC(=O)CCC(=O)c1c(-c2ccco2)cc2ccccn12. The summed E-state index contributed by atoms with van der Waals surface area (Å²) in [4.78, 5) is 24.2. The quantitative estimate of drug-likeness (QED) is 0.514. The Hall–Kier alpha value is -2.82. The Morgan fingerprint density at radius 2 is 2.04 bits per heavy atom. The van der Waals surface area contributed by atoms with Crippen LogP contribution in [0, 0.1) is 0 Å². The number of carbonyl (C=O) groups excluding carboxylic acids is 2. The minimum atomic E-state index is -0.360. The zero-order chi connectivity index (χ0) is 16.2. The maximum absolute atomic E-state index is 12.7. The Labute approximate surface area is 133 Å². The number of rotatable bonds is 6. The average Bonchev–Trinajstić information content (AvgIpc) is 3.19. The van der Waals surface area contributed by atoms with Gasteiger partial charge in [-0.05, 0) is 37.3 Å². The normalized spacial score (nSPS) is 10.8. The molecule has 0 radical (unpaired) electrons. The van der Waals surface area contributed by atoms with Crippen LogP contribution in [-0.2, 0) is 9.53 Å². The van der Waals surface area contributed by atoms with Gasteiger partial charge in [-0.2, -0.15) is 0 Å². The number of pyridine rings is 1. The maximum atomic E-state index is 12.7. The zero-order valence-corrected chi connectivity index (χ0v) is 12.8. The molecule has 5 nitrogen and oxygen atoms in total. The molecule has 0 saturated carbocycles. The summed E-state index contributed by atoms with van der Waals surface area (Å²) in [5, 5.41) is 0. The van der Waals surface area contributed by atoms with Crippen molar-refractivity contribution in [2.24, 2.45) is 0 Å². The van der Waals surface area contributed by atoms with E-state index >= 15 is 0 Å². The van der Waals surface area contributed by atoms with Crippen molar-refractivity contribution < 1.29 is 18.7 Å². The molecule has 0 unspecified atom stereocenters. The Morgan fingerprint density at radius 3 is 2.78 bits per heavy atom. The van der Waals surface area contributed by atoms with Crippen molar-refractivity contribution in [1.29, 1.82) is 0 Å². The third kappa shape index (κ3) is 3.04. The molecular weight excluding hydrogens is 294 g/mol. The van der Waals surface area contributed by atoms with Crippen molar-refractivity contribution in [3.63, 3.8) is 0 Å². The van der Waals surface area contributed by atoms with Crippen LogP contribution < -0.4 is 0 Å². The lowest BCUT2D eigenvalue weighted by atomic mass is 10.1. The maximum Gasteiger partial charge on any atom is 0.306 e. The van der Waals surface area contributed by atoms with E-state index in [2.05, 4.69) is 0 Å². The highest BCUT2D eigenvalue weighted by Crippen LogP contribution is 2.29. The van der Waals surface area contributed by atoms with E-state index in [1.54, 1.807) is 19.3 Å². The van der Waals surface area contributed by atoms with Crippen LogP contribution in [0.3, 0.4) is 0 Å². The van der Waals surface area contributed by atoms with Crippen LogP contribution in [0.4, 0.5) is 0 Å². The van der Waals surface area contributed by atoms with Gasteiger partial charge in [-0.3, -0.25) is 9.59 Å². The minimum absolute atomic E-state index is 0.0737. The largest absolute Gasteiger partial charge is 0.466 e. The number of furan rings is 1. The van der Waals surface area contributed by atoms with E-state index in [1.165, 1.54) is 0 Å². The molecule has 5 heteroatoms. The third-order valence-electron chi connectivity index (χ3n) is 3.59. The van der Waals surface area contributed by atoms with Crippen molar-refractivity contribution in [3.05, 3.63) is 54.6 Å². The molecule has 118 valence electrons. The molecule has 0 spiro atoms. The number of ether oxygens (including phenoxy) is 1. The predicted octanol–water partition coefficient (Wildman–Crippen LogP) is 3.73. The third-order valence-corrected chi connectivity index (χ3v) is 3.59. The van der Waals surface area contributed by atoms with E-state index in [9.17, 15) is 9.59 Å². The second-order valence-corrected chi connectivity index (χ2v) is 5.11. The lowest BCUT2D eigenvalue weighted by Crippen LogP contribution is -2.10. The van der Waals surface area contributed by atoms with E-state index in [1.807, 2.05) is 40.9 Å². The number of nitrogens with zero attached hydrogens (tertiary/aromatic N) is 1. The summed E-state index contributed by atoms with van der Waals surface area (Å²) in [7, 11) is 0. The van der Waals surface area contributed by atoms with Crippen LogP contribution in [0.5, 0.6) is 0 Å². The highest BCUT2D eigenvalue weighted by atomic mass is 16.5. The van der Waals surface area contributed by atoms with E-state index in [-0.39, 0.29) is 24.6 Å². The van der Waals surface area contributed by atoms with Crippen molar-refractivity contribution >= 4 is 17.3 Å². The molecule has 0 atom stereocenters. The first-order valence-corrected chi connectivity index (χ1v) is 7.53. The summed E-state index contributed by atoms with van der Waals surface area (Å²) in [6.45, 7) is 2.06. The first-order chi connectivity index (χ1) is 11.2. The van der Waals surface area contributed by atoms with Gasteiger partial charge in [-0.15, -0.1) is 0 Å². The molecule has 0 bridgehead atoms. The van der Waals surface area contributed by atoms with Crippen LogP contribution >= 0.6 is 0 Å². The summed E-state index contributed by atoms with van der Waals surface area (Å²) in [6, 6.07) is 11.2. The first-order valence-electron chi connectivity index (χ1n) is 7.53. The summed E-state index contributed by atoms with van der Waals surface area (Å²) in [6.07, 6.45) is 3.59. The Bertz CT molecular complexity index is 830. The smallest absolute Gasteiger partial charge is 0.306 e. The van der Waals surface area contributed by atoms with Crippen molar-refractivity contribution in [2.45, 2.75) is 19.8 Å². The molecule has 0 N–H and O–H groups in total. The average molecular weight is 311 g/mol. The van der Waals surface area contributed by atoms with Gasteiger partial charge in [0.25, 0.3) is 0 Å². The van der Waals surface area contributed by atoms with Crippen LogP contribution in [0.1, 0.15) is 30.3 Å². The topological polar surface area (TPSA) is 60.9 Å². The van der Waals surface area contributed by atoms with Crippen LogP contribution in [0.2, 0.25) is 0 Å². The molecule has 3 aromatic heterocycles. The van der Waals surface area contributed by atoms with Gasteiger partial charge in [-0.1, -0.05) is 6.07 Å². The van der Waals surface area contributed by atoms with Gasteiger partial charge in [0, 0.05) is 23.7 Å². The first kappa shape index (κ1) is 15.1. The van der Waals surface area contributed by atoms with Crippen molar-refractivity contribution in [2.75, 3.05) is 6.61 Å². The molecule has 3 rings (SSSR count). The second-order valence-electron chi connectivity index (χ2n) is 5.11. The van der Waals surface area contributed by atoms with Gasteiger partial charge in [0.15, 0.2) is 5.78 Å². The van der Waals surface area contributed by atoms with Crippen molar-refractivity contribution in [3.8, 4) is 11.3 Å². The lowest BCUT2D eigenvalue weighted by Gasteiger charge is -2.05. The summed E-state index contributed by atoms with van der Waals surface area (Å²) < 4.78 is 12.2. The van der Waals surface area contributed by atoms with Gasteiger partial charge in [0.05, 0.1) is 19.3 Å². The number of fused-ring (bicyclic) bond motifs is 1. The molecule has 0 aliphatic carbocycles. The van der Waals surface area contributed by atoms with Gasteiger partial charge in [0.1, 0.15) is 11.5 Å². The van der Waals surface area contributed by atoms with Crippen LogP contribution in [0.25, 0.3) is 16.8 Å².